The summed E-state index contributed by atoms with van der Waals surface area (Å²) in [7, 11) is 0. The summed E-state index contributed by atoms with van der Waals surface area (Å²) in [5.41, 5.74) is 1.86. The zero-order chi connectivity index (χ0) is 19.2. The number of aromatic nitrogens is 3. The van der Waals surface area contributed by atoms with E-state index in [1.165, 1.54) is 6.33 Å². The summed E-state index contributed by atoms with van der Waals surface area (Å²) in [6.45, 7) is 4.09. The van der Waals surface area contributed by atoms with Crippen molar-refractivity contribution in [3.63, 3.8) is 0 Å². The van der Waals surface area contributed by atoms with E-state index in [0.717, 1.165) is 11.1 Å². The Labute approximate surface area is 163 Å². The van der Waals surface area contributed by atoms with Crippen LogP contribution in [0.25, 0.3) is 0 Å². The van der Waals surface area contributed by atoms with Gasteiger partial charge in [0.1, 0.15) is 18.4 Å². The third kappa shape index (κ3) is 5.08. The molecule has 7 heteroatoms. The van der Waals surface area contributed by atoms with E-state index >= 15 is 0 Å². The molecule has 27 heavy (non-hydrogen) atoms. The topological polar surface area (TPSA) is 69.0 Å². The lowest BCUT2D eigenvalue weighted by Gasteiger charge is -2.22. The monoisotopic (exact) mass is 384 g/mol. The molecule has 0 fully saturated rings. The van der Waals surface area contributed by atoms with Gasteiger partial charge in [0.15, 0.2) is 6.10 Å². The molecule has 140 valence electrons. The van der Waals surface area contributed by atoms with Crippen molar-refractivity contribution in [2.45, 2.75) is 32.5 Å². The molecule has 0 radical (unpaired) electrons. The van der Waals surface area contributed by atoms with Gasteiger partial charge in [-0.2, -0.15) is 5.10 Å². The zero-order valence-corrected chi connectivity index (χ0v) is 15.9. The van der Waals surface area contributed by atoms with Crippen molar-refractivity contribution in [3.05, 3.63) is 77.3 Å². The summed E-state index contributed by atoms with van der Waals surface area (Å²) in [4.78, 5) is 16.7. The number of carbonyl (C=O) groups is 1. The lowest BCUT2D eigenvalue weighted by Crippen LogP contribution is -2.40. The second-order valence-corrected chi connectivity index (χ2v) is 6.70. The number of benzene rings is 2. The van der Waals surface area contributed by atoms with Gasteiger partial charge in [-0.1, -0.05) is 41.9 Å². The van der Waals surface area contributed by atoms with Crippen molar-refractivity contribution < 1.29 is 9.53 Å². The lowest BCUT2D eigenvalue weighted by atomic mass is 10.1. The highest BCUT2D eigenvalue weighted by molar-refractivity contribution is 6.30. The van der Waals surface area contributed by atoms with Crippen LogP contribution < -0.4 is 10.1 Å². The molecule has 0 saturated carbocycles. The van der Waals surface area contributed by atoms with Crippen molar-refractivity contribution in [2.24, 2.45) is 0 Å². The van der Waals surface area contributed by atoms with Crippen LogP contribution in [0.5, 0.6) is 5.75 Å². The molecule has 3 rings (SSSR count). The Bertz CT molecular complexity index is 884. The van der Waals surface area contributed by atoms with E-state index in [4.69, 9.17) is 16.3 Å². The minimum Gasteiger partial charge on any atom is -0.481 e. The van der Waals surface area contributed by atoms with E-state index in [1.54, 1.807) is 36.1 Å². The van der Waals surface area contributed by atoms with Crippen LogP contribution >= 0.6 is 11.6 Å². The number of amides is 1. The number of hydrogen-bond donors (Lipinski definition) is 1. The lowest BCUT2D eigenvalue weighted by molar-refractivity contribution is -0.128. The van der Waals surface area contributed by atoms with Crippen molar-refractivity contribution in [1.29, 1.82) is 0 Å². The molecule has 0 aliphatic carbocycles. The zero-order valence-electron chi connectivity index (χ0n) is 15.2. The summed E-state index contributed by atoms with van der Waals surface area (Å²) in [5, 5.41) is 7.81. The summed E-state index contributed by atoms with van der Waals surface area (Å²) < 4.78 is 7.52. The van der Waals surface area contributed by atoms with Gasteiger partial charge >= 0.3 is 0 Å². The number of ether oxygens (including phenoxy) is 1. The third-order valence-corrected chi connectivity index (χ3v) is 4.40. The standard InChI is InChI=1S/C20H21ClN4O2/c1-14-10-17(21)8-9-19(14)27-15(2)20(26)24-18(11-25-13-22-12-23-25)16-6-4-3-5-7-16/h3-10,12-13,15,18H,11H2,1-2H3,(H,24,26). The minimum absolute atomic E-state index is 0.210. The third-order valence-electron chi connectivity index (χ3n) is 4.16. The highest BCUT2D eigenvalue weighted by Crippen LogP contribution is 2.23. The van der Waals surface area contributed by atoms with E-state index in [-0.39, 0.29) is 11.9 Å². The highest BCUT2D eigenvalue weighted by Gasteiger charge is 2.21. The number of nitrogens with one attached hydrogen (secondary N) is 1. The van der Waals surface area contributed by atoms with Crippen molar-refractivity contribution in [3.8, 4) is 5.75 Å². The molecule has 0 spiro atoms. The van der Waals surface area contributed by atoms with Crippen molar-refractivity contribution >= 4 is 17.5 Å². The Morgan fingerprint density at radius 1 is 1.26 bits per heavy atom. The fraction of sp³-hybridized carbons (Fsp3) is 0.250. The van der Waals surface area contributed by atoms with Crippen LogP contribution in [-0.2, 0) is 11.3 Å². The van der Waals surface area contributed by atoms with Gasteiger partial charge in [0.25, 0.3) is 5.91 Å². The largest absolute Gasteiger partial charge is 0.481 e. The van der Waals surface area contributed by atoms with Crippen molar-refractivity contribution in [2.75, 3.05) is 0 Å². The fourth-order valence-electron chi connectivity index (χ4n) is 2.71. The number of halogens is 1. The SMILES string of the molecule is Cc1cc(Cl)ccc1OC(C)C(=O)NC(Cn1cncn1)c1ccccc1. The first-order valence-corrected chi connectivity index (χ1v) is 9.01. The molecule has 0 aliphatic rings. The molecule has 0 bridgehead atoms. The summed E-state index contributed by atoms with van der Waals surface area (Å²) in [6, 6.07) is 14.8. The van der Waals surface area contributed by atoms with Crippen LogP contribution in [0.4, 0.5) is 0 Å². The first-order valence-electron chi connectivity index (χ1n) is 8.63. The molecule has 2 aromatic carbocycles. The highest BCUT2D eigenvalue weighted by atomic mass is 35.5. The smallest absolute Gasteiger partial charge is 0.261 e. The Balaban J connectivity index is 1.71. The predicted octanol–water partition coefficient (Wildman–Crippen LogP) is 3.56. The van der Waals surface area contributed by atoms with Gasteiger partial charge in [-0.25, -0.2) is 4.98 Å². The van der Waals surface area contributed by atoms with Gasteiger partial charge in [0.05, 0.1) is 12.6 Å². The molecule has 0 aliphatic heterocycles. The molecule has 2 atom stereocenters. The number of carbonyl (C=O) groups excluding carboxylic acids is 1. The fourth-order valence-corrected chi connectivity index (χ4v) is 2.94. The minimum atomic E-state index is -0.660. The Hall–Kier alpha value is -2.86. The molecule has 1 N–H and O–H groups in total. The van der Waals surface area contributed by atoms with E-state index in [0.29, 0.717) is 17.3 Å². The quantitative estimate of drug-likeness (QED) is 0.676. The van der Waals surface area contributed by atoms with Crippen LogP contribution in [-0.4, -0.2) is 26.8 Å². The first-order chi connectivity index (χ1) is 13.0. The number of rotatable bonds is 7. The van der Waals surface area contributed by atoms with E-state index in [2.05, 4.69) is 15.4 Å². The number of hydrogen-bond acceptors (Lipinski definition) is 4. The second kappa shape index (κ2) is 8.68. The molecular weight excluding hydrogens is 364 g/mol. The van der Waals surface area contributed by atoms with Gasteiger partial charge in [0, 0.05) is 5.02 Å². The maximum atomic E-state index is 12.7. The van der Waals surface area contributed by atoms with Gasteiger partial charge in [0.2, 0.25) is 0 Å². The van der Waals surface area contributed by atoms with E-state index < -0.39 is 6.10 Å². The number of nitrogens with zero attached hydrogens (tertiary/aromatic N) is 3. The summed E-state index contributed by atoms with van der Waals surface area (Å²) in [5.74, 6) is 0.424. The molecule has 3 aromatic rings. The molecule has 1 amide bonds. The molecule has 2 unspecified atom stereocenters. The normalized spacial score (nSPS) is 13.0. The van der Waals surface area contributed by atoms with Gasteiger partial charge in [-0.05, 0) is 43.2 Å². The molecule has 1 heterocycles. The molecular formula is C20H21ClN4O2. The average Bonchev–Trinajstić information content (AvgIpc) is 3.17. The Morgan fingerprint density at radius 2 is 2.04 bits per heavy atom. The second-order valence-electron chi connectivity index (χ2n) is 6.26. The Kier molecular flexibility index (Phi) is 6.08. The molecule has 6 nitrogen and oxygen atoms in total. The molecule has 0 saturated heterocycles. The average molecular weight is 385 g/mol. The summed E-state index contributed by atoms with van der Waals surface area (Å²) >= 11 is 5.97. The Morgan fingerprint density at radius 3 is 2.70 bits per heavy atom. The number of aryl methyl sites for hydroxylation is 1. The predicted molar refractivity (Wildman–Crippen MR) is 104 cm³/mol. The van der Waals surface area contributed by atoms with Crippen molar-refractivity contribution in [1.82, 2.24) is 20.1 Å². The maximum Gasteiger partial charge on any atom is 0.261 e. The first kappa shape index (κ1) is 18.9. The summed E-state index contributed by atoms with van der Waals surface area (Å²) in [6.07, 6.45) is 2.43. The van der Waals surface area contributed by atoms with Crippen LogP contribution in [0, 0.1) is 6.92 Å². The van der Waals surface area contributed by atoms with E-state index in [9.17, 15) is 4.79 Å². The maximum absolute atomic E-state index is 12.7. The van der Waals surface area contributed by atoms with Crippen LogP contribution in [0.15, 0.2) is 61.2 Å². The van der Waals surface area contributed by atoms with Gasteiger partial charge in [-0.15, -0.1) is 0 Å². The van der Waals surface area contributed by atoms with Gasteiger partial charge in [-0.3, -0.25) is 9.48 Å². The van der Waals surface area contributed by atoms with Crippen LogP contribution in [0.1, 0.15) is 24.1 Å². The van der Waals surface area contributed by atoms with Crippen LogP contribution in [0.2, 0.25) is 5.02 Å². The van der Waals surface area contributed by atoms with Gasteiger partial charge < -0.3 is 10.1 Å². The van der Waals surface area contributed by atoms with Crippen LogP contribution in [0.3, 0.4) is 0 Å². The molecule has 1 aromatic heterocycles. The van der Waals surface area contributed by atoms with E-state index in [1.807, 2.05) is 37.3 Å².